The summed E-state index contributed by atoms with van der Waals surface area (Å²) < 4.78 is 35.1. The largest absolute Gasteiger partial charge is 0.463 e. The lowest BCUT2D eigenvalue weighted by Crippen LogP contribution is -2.45. The molecule has 0 aromatic carbocycles. The molecule has 1 aliphatic heterocycles. The van der Waals surface area contributed by atoms with Crippen LogP contribution in [-0.4, -0.2) is 63.0 Å². The topological polar surface area (TPSA) is 117 Å². The van der Waals surface area contributed by atoms with Gasteiger partial charge in [-0.05, 0) is 32.6 Å². The summed E-state index contributed by atoms with van der Waals surface area (Å²) in [6.45, 7) is 6.17. The van der Waals surface area contributed by atoms with Crippen molar-refractivity contribution in [1.82, 2.24) is 19.5 Å². The number of ether oxygens (including phenoxy) is 3. The Morgan fingerprint density at radius 3 is 2.67 bits per heavy atom. The number of esters is 2. The van der Waals surface area contributed by atoms with Crippen molar-refractivity contribution in [3.63, 3.8) is 0 Å². The van der Waals surface area contributed by atoms with E-state index in [0.717, 1.165) is 25.7 Å². The van der Waals surface area contributed by atoms with Gasteiger partial charge in [-0.1, -0.05) is 33.1 Å². The van der Waals surface area contributed by atoms with E-state index in [1.807, 2.05) is 0 Å². The van der Waals surface area contributed by atoms with E-state index in [-0.39, 0.29) is 12.6 Å². The third-order valence-corrected chi connectivity index (χ3v) is 7.01. The highest BCUT2D eigenvalue weighted by atomic mass is 19.1. The van der Waals surface area contributed by atoms with E-state index in [9.17, 15) is 9.59 Å². The first-order chi connectivity index (χ1) is 17.1. The summed E-state index contributed by atoms with van der Waals surface area (Å²) in [6, 6.07) is 0. The zero-order valence-corrected chi connectivity index (χ0v) is 21.6. The Kier molecular flexibility index (Phi) is 7.77. The van der Waals surface area contributed by atoms with Gasteiger partial charge in [-0.15, -0.1) is 0 Å². The molecule has 2 fully saturated rings. The van der Waals surface area contributed by atoms with Crippen molar-refractivity contribution in [3.8, 4) is 0 Å². The van der Waals surface area contributed by atoms with Gasteiger partial charge < -0.3 is 19.5 Å². The molecule has 2 aromatic rings. The van der Waals surface area contributed by atoms with Crippen molar-refractivity contribution in [3.05, 3.63) is 12.2 Å². The number of fused-ring (bicyclic) bond motifs is 1. The Labute approximate surface area is 210 Å². The van der Waals surface area contributed by atoms with Crippen LogP contribution >= 0.6 is 0 Å². The Bertz CT molecular complexity index is 1100. The van der Waals surface area contributed by atoms with Crippen LogP contribution in [0.25, 0.3) is 11.2 Å². The molecule has 1 aliphatic carbocycles. The zero-order valence-electron chi connectivity index (χ0n) is 21.6. The molecule has 4 atom stereocenters. The van der Waals surface area contributed by atoms with Crippen molar-refractivity contribution < 1.29 is 28.2 Å². The van der Waals surface area contributed by atoms with Gasteiger partial charge in [0.2, 0.25) is 0 Å². The summed E-state index contributed by atoms with van der Waals surface area (Å²) in [5, 5.41) is 2.97. The van der Waals surface area contributed by atoms with Gasteiger partial charge in [-0.2, -0.15) is 0 Å². The van der Waals surface area contributed by atoms with Crippen LogP contribution in [0.15, 0.2) is 6.33 Å². The third kappa shape index (κ3) is 5.30. The van der Waals surface area contributed by atoms with Crippen LogP contribution in [0.1, 0.15) is 71.3 Å². The quantitative estimate of drug-likeness (QED) is 0.533. The van der Waals surface area contributed by atoms with Gasteiger partial charge in [0.25, 0.3) is 0 Å². The second-order valence-electron chi connectivity index (χ2n) is 10.3. The minimum Gasteiger partial charge on any atom is -0.463 e. The summed E-state index contributed by atoms with van der Waals surface area (Å²) in [6.07, 6.45) is 3.73. The molecule has 198 valence electrons. The highest BCUT2D eigenvalue weighted by Gasteiger charge is 2.58. The van der Waals surface area contributed by atoms with Crippen molar-refractivity contribution in [2.75, 3.05) is 19.0 Å². The SMILES string of the molecule is CNc1nc(C)nc2c1ncn2[C@@H]1O[C@H](COC(=O)CC2CCCCC2)[C@@H](OC(=O)C(C)C)[C@@]1(C)F. The molecule has 0 amide bonds. The molecular formula is C25H36FN5O5. The maximum atomic E-state index is 16.4. The van der Waals surface area contributed by atoms with E-state index in [2.05, 4.69) is 20.3 Å². The molecule has 10 nitrogen and oxygen atoms in total. The molecule has 2 aromatic heterocycles. The number of hydrogen-bond donors (Lipinski definition) is 1. The summed E-state index contributed by atoms with van der Waals surface area (Å²) in [4.78, 5) is 38.1. The van der Waals surface area contributed by atoms with Gasteiger partial charge in [0.05, 0.1) is 12.2 Å². The lowest BCUT2D eigenvalue weighted by atomic mass is 9.87. The first kappa shape index (κ1) is 26.2. The molecule has 4 rings (SSSR count). The normalized spacial score (nSPS) is 26.9. The number of anilines is 1. The minimum absolute atomic E-state index is 0.222. The second kappa shape index (κ2) is 10.7. The summed E-state index contributed by atoms with van der Waals surface area (Å²) in [5.41, 5.74) is -1.32. The smallest absolute Gasteiger partial charge is 0.308 e. The number of aryl methyl sites for hydroxylation is 1. The van der Waals surface area contributed by atoms with Gasteiger partial charge in [-0.3, -0.25) is 14.2 Å². The van der Waals surface area contributed by atoms with Crippen LogP contribution in [0.5, 0.6) is 0 Å². The first-order valence-electron chi connectivity index (χ1n) is 12.7. The van der Waals surface area contributed by atoms with Crippen molar-refractivity contribution in [1.29, 1.82) is 0 Å². The molecule has 2 aliphatic rings. The predicted octanol–water partition coefficient (Wildman–Crippen LogP) is 3.88. The van der Waals surface area contributed by atoms with E-state index in [1.54, 1.807) is 27.8 Å². The fourth-order valence-corrected chi connectivity index (χ4v) is 5.02. The number of nitrogens with zero attached hydrogens (tertiary/aromatic N) is 4. The Morgan fingerprint density at radius 1 is 1.28 bits per heavy atom. The number of nitrogens with one attached hydrogen (secondary N) is 1. The minimum atomic E-state index is -2.16. The standard InChI is InChI=1S/C25H36FN5O5/c1-14(2)23(33)36-20-17(12-34-18(32)11-16-9-7-6-8-10-16)35-24(25(20,4)26)31-13-28-19-21(27-5)29-15(3)30-22(19)31/h13-14,16-17,20,24H,6-12H2,1-5H3,(H,27,29,30)/t17-,20-,24-,25-/m1/s1. The van der Waals surface area contributed by atoms with Crippen LogP contribution in [-0.2, 0) is 23.8 Å². The summed E-state index contributed by atoms with van der Waals surface area (Å²) >= 11 is 0. The van der Waals surface area contributed by atoms with Crippen LogP contribution in [0, 0.1) is 18.8 Å². The number of carbonyl (C=O) groups is 2. The molecular weight excluding hydrogens is 469 g/mol. The van der Waals surface area contributed by atoms with E-state index >= 15 is 4.39 Å². The lowest BCUT2D eigenvalue weighted by molar-refractivity contribution is -0.164. The predicted molar refractivity (Wildman–Crippen MR) is 130 cm³/mol. The summed E-state index contributed by atoms with van der Waals surface area (Å²) in [5.74, 6) is -0.0756. The maximum Gasteiger partial charge on any atom is 0.308 e. The van der Waals surface area contributed by atoms with E-state index in [0.29, 0.717) is 35.1 Å². The van der Waals surface area contributed by atoms with Crippen LogP contribution < -0.4 is 5.32 Å². The number of alkyl halides is 1. The second-order valence-corrected chi connectivity index (χ2v) is 10.3. The van der Waals surface area contributed by atoms with Crippen molar-refractivity contribution in [2.45, 2.75) is 90.3 Å². The Balaban J connectivity index is 1.58. The molecule has 11 heteroatoms. The molecule has 1 saturated carbocycles. The monoisotopic (exact) mass is 505 g/mol. The first-order valence-corrected chi connectivity index (χ1v) is 12.7. The van der Waals surface area contributed by atoms with Crippen LogP contribution in [0.3, 0.4) is 0 Å². The number of aromatic nitrogens is 4. The fraction of sp³-hybridized carbons (Fsp3) is 0.720. The molecule has 0 unspecified atom stereocenters. The molecule has 3 heterocycles. The van der Waals surface area contributed by atoms with E-state index in [4.69, 9.17) is 14.2 Å². The number of imidazole rings is 1. The molecule has 36 heavy (non-hydrogen) atoms. The lowest BCUT2D eigenvalue weighted by Gasteiger charge is -2.28. The van der Waals surface area contributed by atoms with Crippen molar-refractivity contribution >= 4 is 28.9 Å². The Morgan fingerprint density at radius 2 is 2.00 bits per heavy atom. The molecule has 1 saturated heterocycles. The molecule has 1 N–H and O–H groups in total. The van der Waals surface area contributed by atoms with Crippen LogP contribution in [0.2, 0.25) is 0 Å². The maximum absolute atomic E-state index is 16.4. The Hall–Kier alpha value is -2.82. The van der Waals surface area contributed by atoms with Gasteiger partial charge in [0, 0.05) is 13.5 Å². The highest BCUT2D eigenvalue weighted by molar-refractivity contribution is 5.83. The summed E-state index contributed by atoms with van der Waals surface area (Å²) in [7, 11) is 1.71. The van der Waals surface area contributed by atoms with Crippen LogP contribution in [0.4, 0.5) is 10.2 Å². The van der Waals surface area contributed by atoms with Gasteiger partial charge >= 0.3 is 11.9 Å². The van der Waals surface area contributed by atoms with Crippen molar-refractivity contribution in [2.24, 2.45) is 11.8 Å². The molecule has 0 spiro atoms. The zero-order chi connectivity index (χ0) is 26.0. The fourth-order valence-electron chi connectivity index (χ4n) is 5.02. The van der Waals surface area contributed by atoms with Gasteiger partial charge in [0.1, 0.15) is 18.5 Å². The third-order valence-electron chi connectivity index (χ3n) is 7.01. The molecule has 0 radical (unpaired) electrons. The average Bonchev–Trinajstić information content (AvgIpc) is 3.35. The number of rotatable bonds is 8. The van der Waals surface area contributed by atoms with Gasteiger partial charge in [0.15, 0.2) is 35.0 Å². The number of hydrogen-bond acceptors (Lipinski definition) is 9. The van der Waals surface area contributed by atoms with E-state index in [1.165, 1.54) is 24.2 Å². The average molecular weight is 506 g/mol. The number of halogens is 1. The van der Waals surface area contributed by atoms with Gasteiger partial charge in [-0.25, -0.2) is 19.3 Å². The highest BCUT2D eigenvalue weighted by Crippen LogP contribution is 2.44. The van der Waals surface area contributed by atoms with E-state index < -0.39 is 36.0 Å². The number of carbonyl (C=O) groups excluding carboxylic acids is 2. The molecule has 0 bridgehead atoms.